The molecule has 110 valence electrons. The quantitative estimate of drug-likeness (QED) is 0.697. The fraction of sp³-hybridized carbons (Fsp3) is 0.200. The van der Waals surface area contributed by atoms with Crippen LogP contribution in [-0.2, 0) is 9.59 Å². The number of hydrogen-bond acceptors (Lipinski definition) is 5. The number of thiazole rings is 1. The molecule has 1 atom stereocenters. The van der Waals surface area contributed by atoms with Gasteiger partial charge in [-0.25, -0.2) is 4.98 Å². The van der Waals surface area contributed by atoms with E-state index in [1.165, 1.54) is 18.3 Å². The highest BCUT2D eigenvalue weighted by atomic mass is 32.1. The lowest BCUT2D eigenvalue weighted by Gasteiger charge is -2.01. The summed E-state index contributed by atoms with van der Waals surface area (Å²) in [5, 5.41) is 3.74. The predicted molar refractivity (Wildman–Crippen MR) is 81.9 cm³/mol. The molecule has 4 rings (SSSR count). The maximum atomic E-state index is 12.0. The molecule has 1 fully saturated rings. The summed E-state index contributed by atoms with van der Waals surface area (Å²) in [5.41, 5.74) is 1.51. The Labute approximate surface area is 128 Å². The van der Waals surface area contributed by atoms with Gasteiger partial charge in [0.1, 0.15) is 15.4 Å². The van der Waals surface area contributed by atoms with Gasteiger partial charge in [-0.3, -0.25) is 24.3 Å². The van der Waals surface area contributed by atoms with E-state index in [2.05, 4.69) is 10.3 Å². The Morgan fingerprint density at radius 1 is 1.36 bits per heavy atom. The van der Waals surface area contributed by atoms with Crippen molar-refractivity contribution in [1.29, 1.82) is 0 Å². The monoisotopic (exact) mass is 313 g/mol. The molecule has 1 aromatic carbocycles. The van der Waals surface area contributed by atoms with Crippen LogP contribution >= 0.6 is 11.3 Å². The fourth-order valence-corrected chi connectivity index (χ4v) is 4.09. The minimum atomic E-state index is -0.552. The van der Waals surface area contributed by atoms with Gasteiger partial charge in [0.2, 0.25) is 17.7 Å². The van der Waals surface area contributed by atoms with Crippen LogP contribution in [-0.4, -0.2) is 27.3 Å². The topological polar surface area (TPSA) is 81.1 Å². The number of carbonyl (C=O) groups is 3. The third kappa shape index (κ3) is 1.72. The molecule has 3 aromatic rings. The van der Waals surface area contributed by atoms with Crippen LogP contribution in [0.4, 0.5) is 0 Å². The summed E-state index contributed by atoms with van der Waals surface area (Å²) < 4.78 is 1.61. The van der Waals surface area contributed by atoms with E-state index in [9.17, 15) is 14.4 Å². The van der Waals surface area contributed by atoms with Crippen LogP contribution in [0.2, 0.25) is 0 Å². The number of amides is 2. The first-order chi connectivity index (χ1) is 10.6. The fourth-order valence-electron chi connectivity index (χ4n) is 2.85. The van der Waals surface area contributed by atoms with Crippen LogP contribution < -0.4 is 5.32 Å². The average Bonchev–Trinajstić information content (AvgIpc) is 3.09. The predicted octanol–water partition coefficient (Wildman–Crippen LogP) is 2.04. The number of para-hydroxylation sites is 1. The number of carbonyl (C=O) groups excluding carboxylic acids is 3. The molecule has 1 aliphatic heterocycles. The molecule has 7 heteroatoms. The zero-order valence-corrected chi connectivity index (χ0v) is 12.4. The Morgan fingerprint density at radius 3 is 2.82 bits per heavy atom. The second-order valence-electron chi connectivity index (χ2n) is 5.25. The molecule has 1 unspecified atom stereocenters. The number of nitrogens with one attached hydrogen (secondary N) is 1. The summed E-state index contributed by atoms with van der Waals surface area (Å²) in [6, 6.07) is 7.53. The van der Waals surface area contributed by atoms with Gasteiger partial charge in [0.05, 0.1) is 11.4 Å². The molecule has 0 saturated carbocycles. The largest absolute Gasteiger partial charge is 0.296 e. The minimum absolute atomic E-state index is 0.103. The van der Waals surface area contributed by atoms with Gasteiger partial charge in [-0.2, -0.15) is 0 Å². The Morgan fingerprint density at radius 2 is 2.14 bits per heavy atom. The van der Waals surface area contributed by atoms with Crippen molar-refractivity contribution in [2.24, 2.45) is 0 Å². The SMILES string of the molecule is CC(=O)n1c2ccccc2c2nc(C3CC(=O)NC3=O)sc21. The lowest BCUT2D eigenvalue weighted by atomic mass is 10.1. The first kappa shape index (κ1) is 13.1. The van der Waals surface area contributed by atoms with Crippen LogP contribution in [0.5, 0.6) is 0 Å². The summed E-state index contributed by atoms with van der Waals surface area (Å²) in [5.74, 6) is -1.26. The minimum Gasteiger partial charge on any atom is -0.296 e. The number of benzene rings is 1. The third-order valence-electron chi connectivity index (χ3n) is 3.81. The van der Waals surface area contributed by atoms with Crippen molar-refractivity contribution in [2.75, 3.05) is 0 Å². The van der Waals surface area contributed by atoms with Gasteiger partial charge in [0.25, 0.3) is 0 Å². The van der Waals surface area contributed by atoms with Gasteiger partial charge in [-0.05, 0) is 6.07 Å². The number of hydrogen-bond donors (Lipinski definition) is 1. The normalized spacial score (nSPS) is 18.3. The molecule has 2 amide bonds. The molecule has 1 aliphatic rings. The van der Waals surface area contributed by atoms with Crippen molar-refractivity contribution in [3.05, 3.63) is 29.3 Å². The van der Waals surface area contributed by atoms with E-state index in [-0.39, 0.29) is 24.1 Å². The third-order valence-corrected chi connectivity index (χ3v) is 4.96. The number of fused-ring (bicyclic) bond motifs is 3. The molecule has 1 saturated heterocycles. The number of aromatic nitrogens is 2. The van der Waals surface area contributed by atoms with Crippen molar-refractivity contribution in [1.82, 2.24) is 14.9 Å². The molecule has 0 radical (unpaired) electrons. The molecular weight excluding hydrogens is 302 g/mol. The zero-order chi connectivity index (χ0) is 15.4. The second kappa shape index (κ2) is 4.48. The molecule has 0 spiro atoms. The summed E-state index contributed by atoms with van der Waals surface area (Å²) >= 11 is 1.30. The van der Waals surface area contributed by atoms with Crippen LogP contribution in [0.15, 0.2) is 24.3 Å². The Kier molecular flexibility index (Phi) is 2.67. The van der Waals surface area contributed by atoms with Crippen LogP contribution in [0.1, 0.15) is 29.1 Å². The molecule has 22 heavy (non-hydrogen) atoms. The first-order valence-electron chi connectivity index (χ1n) is 6.81. The lowest BCUT2D eigenvalue weighted by molar-refractivity contribution is -0.125. The number of nitrogens with zero attached hydrogens (tertiary/aromatic N) is 2. The molecule has 6 nitrogen and oxygen atoms in total. The van der Waals surface area contributed by atoms with E-state index >= 15 is 0 Å². The smallest absolute Gasteiger partial charge is 0.237 e. The lowest BCUT2D eigenvalue weighted by Crippen LogP contribution is -2.21. The van der Waals surface area contributed by atoms with Crippen molar-refractivity contribution in [3.63, 3.8) is 0 Å². The van der Waals surface area contributed by atoms with E-state index < -0.39 is 5.92 Å². The van der Waals surface area contributed by atoms with Gasteiger partial charge in [0.15, 0.2) is 0 Å². The van der Waals surface area contributed by atoms with Crippen LogP contribution in [0, 0.1) is 0 Å². The van der Waals surface area contributed by atoms with Gasteiger partial charge in [-0.1, -0.05) is 29.5 Å². The molecule has 3 heterocycles. The van der Waals surface area contributed by atoms with Crippen molar-refractivity contribution >= 4 is 50.3 Å². The maximum Gasteiger partial charge on any atom is 0.237 e. The van der Waals surface area contributed by atoms with E-state index in [0.29, 0.717) is 10.5 Å². The van der Waals surface area contributed by atoms with Crippen LogP contribution in [0.25, 0.3) is 21.3 Å². The van der Waals surface area contributed by atoms with Gasteiger partial charge in [0, 0.05) is 18.7 Å². The summed E-state index contributed by atoms with van der Waals surface area (Å²) in [7, 11) is 0. The number of rotatable bonds is 1. The Hall–Kier alpha value is -2.54. The molecule has 2 aromatic heterocycles. The Balaban J connectivity index is 1.98. The van der Waals surface area contributed by atoms with E-state index in [1.54, 1.807) is 4.57 Å². The highest BCUT2D eigenvalue weighted by Crippen LogP contribution is 2.37. The van der Waals surface area contributed by atoms with Crippen molar-refractivity contribution in [2.45, 2.75) is 19.3 Å². The first-order valence-corrected chi connectivity index (χ1v) is 7.62. The highest BCUT2D eigenvalue weighted by molar-refractivity contribution is 7.18. The average molecular weight is 313 g/mol. The number of imide groups is 1. The standard InChI is InChI=1S/C15H11N3O3S/c1-7(19)18-10-5-3-2-4-8(10)12-15(18)22-14(17-12)9-6-11(20)16-13(9)21/h2-5,9H,6H2,1H3,(H,16,20,21). The van der Waals surface area contributed by atoms with Gasteiger partial charge in [-0.15, -0.1) is 0 Å². The Bertz CT molecular complexity index is 969. The van der Waals surface area contributed by atoms with Crippen LogP contribution in [0.3, 0.4) is 0 Å². The highest BCUT2D eigenvalue weighted by Gasteiger charge is 2.35. The maximum absolute atomic E-state index is 12.0. The molecule has 1 N–H and O–H groups in total. The molecule has 0 aliphatic carbocycles. The van der Waals surface area contributed by atoms with E-state index in [1.807, 2.05) is 24.3 Å². The second-order valence-corrected chi connectivity index (χ2v) is 6.26. The molecule has 0 bridgehead atoms. The van der Waals surface area contributed by atoms with Crippen molar-refractivity contribution < 1.29 is 14.4 Å². The van der Waals surface area contributed by atoms with E-state index in [0.717, 1.165) is 15.7 Å². The summed E-state index contributed by atoms with van der Waals surface area (Å²) in [6.45, 7) is 1.50. The van der Waals surface area contributed by atoms with Gasteiger partial charge >= 0.3 is 0 Å². The zero-order valence-electron chi connectivity index (χ0n) is 11.6. The summed E-state index contributed by atoms with van der Waals surface area (Å²) in [4.78, 5) is 40.4. The summed E-state index contributed by atoms with van der Waals surface area (Å²) in [6.07, 6.45) is 0.118. The van der Waals surface area contributed by atoms with Crippen molar-refractivity contribution in [3.8, 4) is 0 Å². The van der Waals surface area contributed by atoms with E-state index in [4.69, 9.17) is 0 Å². The van der Waals surface area contributed by atoms with Gasteiger partial charge < -0.3 is 0 Å². The molecular formula is C15H11N3O3S.